The summed E-state index contributed by atoms with van der Waals surface area (Å²) in [5.74, 6) is 7.10. The van der Waals surface area contributed by atoms with Crippen molar-refractivity contribution in [3.05, 3.63) is 0 Å². The fourth-order valence-corrected chi connectivity index (χ4v) is 7.91. The van der Waals surface area contributed by atoms with E-state index < -0.39 is 0 Å². The van der Waals surface area contributed by atoms with E-state index in [1.165, 1.54) is 25.7 Å². The van der Waals surface area contributed by atoms with Crippen LogP contribution in [0.2, 0.25) is 11.6 Å². The normalized spacial score (nSPS) is 52.3. The third-order valence-corrected chi connectivity index (χ3v) is 9.94. The smallest absolute Gasteiger partial charge is 0.299 e. The molecule has 0 radical (unpaired) electrons. The van der Waals surface area contributed by atoms with E-state index in [2.05, 4.69) is 41.5 Å². The van der Waals surface area contributed by atoms with E-state index in [0.717, 1.165) is 47.1 Å². The fourth-order valence-electron chi connectivity index (χ4n) is 7.91. The van der Waals surface area contributed by atoms with Gasteiger partial charge < -0.3 is 4.65 Å². The zero-order valence-electron chi connectivity index (χ0n) is 16.4. The number of rotatable bonds is 3. The van der Waals surface area contributed by atoms with Gasteiger partial charge in [0, 0.05) is 7.11 Å². The van der Waals surface area contributed by atoms with Crippen molar-refractivity contribution in [2.75, 3.05) is 7.11 Å². The molecule has 0 aromatic rings. The summed E-state index contributed by atoms with van der Waals surface area (Å²) in [4.78, 5) is 0. The van der Waals surface area contributed by atoms with Gasteiger partial charge in [0.1, 0.15) is 0 Å². The van der Waals surface area contributed by atoms with Gasteiger partial charge in [0.2, 0.25) is 0 Å². The summed E-state index contributed by atoms with van der Waals surface area (Å²) in [6.07, 6.45) is 5.81. The Bertz CT molecular complexity index is 442. The SMILES string of the molecule is COB([C@@H]1C[C@@H]2C[C@H]([C@H]1C)C2(C)C)[C@@H]1C[C@@H]2C[C@H]([C@H]1C)C2(C)C. The molecule has 6 rings (SSSR count). The number of fused-ring (bicyclic) bond motifs is 4. The molecule has 130 valence electrons. The Balaban J connectivity index is 1.52. The van der Waals surface area contributed by atoms with E-state index in [1.54, 1.807) is 0 Å². The number of hydrogen-bond donors (Lipinski definition) is 0. The van der Waals surface area contributed by atoms with Crippen LogP contribution in [0.15, 0.2) is 0 Å². The highest BCUT2D eigenvalue weighted by Gasteiger charge is 2.62. The van der Waals surface area contributed by atoms with Crippen LogP contribution in [0.5, 0.6) is 0 Å². The standard InChI is InChI=1S/C21H37BO/c1-12-16-8-14(20(16,3)4)10-18(12)22(23-7)19-11-15-9-17(13(19)2)21(15,5)6/h12-19H,8-11H2,1-7H3/t12-,13-,14+,15+,16-,17-,18-,19-/m1/s1. The van der Waals surface area contributed by atoms with Crippen LogP contribution in [0.25, 0.3) is 0 Å². The second kappa shape index (κ2) is 5.02. The molecule has 1 nitrogen and oxygen atoms in total. The van der Waals surface area contributed by atoms with Crippen LogP contribution in [0.1, 0.15) is 67.2 Å². The van der Waals surface area contributed by atoms with Gasteiger partial charge in [0.05, 0.1) is 0 Å². The van der Waals surface area contributed by atoms with E-state index in [1.807, 2.05) is 7.11 Å². The quantitative estimate of drug-likeness (QED) is 0.601. The highest BCUT2D eigenvalue weighted by molar-refractivity contribution is 6.55. The Morgan fingerprint density at radius 2 is 1.13 bits per heavy atom. The van der Waals surface area contributed by atoms with Crippen molar-refractivity contribution >= 4 is 6.92 Å². The van der Waals surface area contributed by atoms with Crippen molar-refractivity contribution in [1.29, 1.82) is 0 Å². The minimum Gasteiger partial charge on any atom is -0.438 e. The highest BCUT2D eigenvalue weighted by atomic mass is 16.4. The molecule has 6 aliphatic carbocycles. The maximum Gasteiger partial charge on any atom is 0.299 e. The van der Waals surface area contributed by atoms with Gasteiger partial charge in [-0.1, -0.05) is 54.4 Å². The summed E-state index contributed by atoms with van der Waals surface area (Å²) >= 11 is 0. The zero-order chi connectivity index (χ0) is 16.7. The maximum absolute atomic E-state index is 6.24. The Morgan fingerprint density at radius 1 is 0.739 bits per heavy atom. The maximum atomic E-state index is 6.24. The molecule has 8 atom stereocenters. The van der Waals surface area contributed by atoms with E-state index in [4.69, 9.17) is 4.65 Å². The third-order valence-electron chi connectivity index (χ3n) is 9.94. The predicted octanol–water partition coefficient (Wildman–Crippen LogP) is 5.77. The first-order valence-electron chi connectivity index (χ1n) is 10.2. The van der Waals surface area contributed by atoms with Gasteiger partial charge in [-0.05, 0) is 70.8 Å². The van der Waals surface area contributed by atoms with Gasteiger partial charge >= 0.3 is 0 Å². The van der Waals surface area contributed by atoms with Crippen LogP contribution in [0.4, 0.5) is 0 Å². The average molecular weight is 316 g/mol. The Labute approximate surface area is 144 Å². The van der Waals surface area contributed by atoms with E-state index in [-0.39, 0.29) is 0 Å². The largest absolute Gasteiger partial charge is 0.438 e. The first-order valence-corrected chi connectivity index (χ1v) is 10.2. The lowest BCUT2D eigenvalue weighted by molar-refractivity contribution is -0.110. The summed E-state index contributed by atoms with van der Waals surface area (Å²) < 4.78 is 6.24. The van der Waals surface area contributed by atoms with Crippen molar-refractivity contribution in [1.82, 2.24) is 0 Å². The summed E-state index contributed by atoms with van der Waals surface area (Å²) in [6.45, 7) is 15.7. The Hall–Kier alpha value is 0.0249. The minimum absolute atomic E-state index is 0.516. The monoisotopic (exact) mass is 316 g/mol. The lowest BCUT2D eigenvalue weighted by Crippen LogP contribution is -2.60. The molecule has 0 aromatic heterocycles. The molecule has 6 saturated carbocycles. The minimum atomic E-state index is 0.516. The van der Waals surface area contributed by atoms with Crippen LogP contribution in [-0.2, 0) is 4.65 Å². The highest BCUT2D eigenvalue weighted by Crippen LogP contribution is 2.69. The molecule has 0 aliphatic heterocycles. The molecular formula is C21H37BO. The van der Waals surface area contributed by atoms with Crippen molar-refractivity contribution in [2.24, 2.45) is 46.3 Å². The van der Waals surface area contributed by atoms with E-state index >= 15 is 0 Å². The van der Waals surface area contributed by atoms with Gasteiger partial charge in [-0.3, -0.25) is 0 Å². The first-order chi connectivity index (χ1) is 10.7. The average Bonchev–Trinajstić information content (AvgIpc) is 2.49. The molecule has 0 unspecified atom stereocenters. The third kappa shape index (κ3) is 2.03. The molecule has 0 spiro atoms. The second-order valence-electron chi connectivity index (χ2n) is 10.9. The van der Waals surface area contributed by atoms with Gasteiger partial charge in [-0.25, -0.2) is 0 Å². The Kier molecular flexibility index (Phi) is 3.60. The summed E-state index contributed by atoms with van der Waals surface area (Å²) in [5, 5.41) is 0. The number of hydrogen-bond acceptors (Lipinski definition) is 1. The van der Waals surface area contributed by atoms with Crippen LogP contribution < -0.4 is 0 Å². The molecule has 6 fully saturated rings. The second-order valence-corrected chi connectivity index (χ2v) is 10.9. The molecule has 2 heteroatoms. The molecule has 0 aromatic carbocycles. The van der Waals surface area contributed by atoms with Crippen molar-refractivity contribution < 1.29 is 4.65 Å². The lowest BCUT2D eigenvalue weighted by atomic mass is 9.27. The molecule has 4 bridgehead atoms. The Morgan fingerprint density at radius 3 is 1.39 bits per heavy atom. The first kappa shape index (κ1) is 16.5. The van der Waals surface area contributed by atoms with Crippen LogP contribution in [0, 0.1) is 46.3 Å². The van der Waals surface area contributed by atoms with E-state index in [9.17, 15) is 0 Å². The van der Waals surface area contributed by atoms with Crippen molar-refractivity contribution in [2.45, 2.75) is 78.9 Å². The van der Waals surface area contributed by atoms with Gasteiger partial charge in [0.25, 0.3) is 6.92 Å². The molecule has 0 heterocycles. The van der Waals surface area contributed by atoms with Crippen LogP contribution >= 0.6 is 0 Å². The summed E-state index contributed by atoms with van der Waals surface area (Å²) in [6, 6.07) is 0. The molecule has 0 N–H and O–H groups in total. The van der Waals surface area contributed by atoms with Gasteiger partial charge in [0.15, 0.2) is 0 Å². The van der Waals surface area contributed by atoms with Crippen LogP contribution in [-0.4, -0.2) is 14.0 Å². The lowest BCUT2D eigenvalue weighted by Gasteiger charge is -2.65. The molecule has 0 amide bonds. The molecule has 6 aliphatic rings. The van der Waals surface area contributed by atoms with Gasteiger partial charge in [-0.2, -0.15) is 0 Å². The summed E-state index contributed by atoms with van der Waals surface area (Å²) in [5.41, 5.74) is 1.19. The topological polar surface area (TPSA) is 9.23 Å². The van der Waals surface area contributed by atoms with Crippen molar-refractivity contribution in [3.63, 3.8) is 0 Å². The molecular weight excluding hydrogens is 279 g/mol. The van der Waals surface area contributed by atoms with Gasteiger partial charge in [-0.15, -0.1) is 0 Å². The predicted molar refractivity (Wildman–Crippen MR) is 98.6 cm³/mol. The zero-order valence-corrected chi connectivity index (χ0v) is 16.4. The van der Waals surface area contributed by atoms with Crippen molar-refractivity contribution in [3.8, 4) is 0 Å². The molecule has 23 heavy (non-hydrogen) atoms. The van der Waals surface area contributed by atoms with Crippen LogP contribution in [0.3, 0.4) is 0 Å². The molecule has 0 saturated heterocycles. The van der Waals surface area contributed by atoms with E-state index in [0.29, 0.717) is 17.7 Å². The summed E-state index contributed by atoms with van der Waals surface area (Å²) in [7, 11) is 2.00. The fraction of sp³-hybridized carbons (Fsp3) is 1.00.